The highest BCUT2D eigenvalue weighted by atomic mass is 16.4. The van der Waals surface area contributed by atoms with Crippen LogP contribution < -0.4 is 4.90 Å². The number of hydrogen-bond acceptors (Lipinski definition) is 3. The van der Waals surface area contributed by atoms with Crippen molar-refractivity contribution in [1.29, 1.82) is 0 Å². The smallest absolute Gasteiger partial charge is 0.326 e. The second-order valence-electron chi connectivity index (χ2n) is 4.08. The van der Waals surface area contributed by atoms with Crippen molar-refractivity contribution in [2.24, 2.45) is 0 Å². The fourth-order valence-electron chi connectivity index (χ4n) is 2.11. The second-order valence-corrected chi connectivity index (χ2v) is 4.08. The van der Waals surface area contributed by atoms with Gasteiger partial charge in [-0.05, 0) is 30.5 Å². The van der Waals surface area contributed by atoms with Gasteiger partial charge in [0.25, 0.3) is 0 Å². The van der Waals surface area contributed by atoms with Gasteiger partial charge in [-0.15, -0.1) is 0 Å². The highest BCUT2D eigenvalue weighted by Gasteiger charge is 2.27. The van der Waals surface area contributed by atoms with Crippen LogP contribution in [0.15, 0.2) is 18.2 Å². The minimum atomic E-state index is -0.806. The third-order valence-corrected chi connectivity index (χ3v) is 3.08. The molecular weight excluding hydrogens is 206 g/mol. The molecule has 1 aliphatic rings. The van der Waals surface area contributed by atoms with Crippen LogP contribution in [0, 0.1) is 0 Å². The standard InChI is InChI=1S/C12H15NO3/c1-8(12(15)16)13-5-4-10-6-9(7-14)2-3-11(10)13/h2-3,6,8,14H,4-5,7H2,1H3,(H,15,16)/t8-/m0/s1. The Morgan fingerprint density at radius 2 is 2.31 bits per heavy atom. The van der Waals surface area contributed by atoms with E-state index in [1.807, 2.05) is 23.1 Å². The molecule has 0 bridgehead atoms. The van der Waals surface area contributed by atoms with Gasteiger partial charge in [-0.3, -0.25) is 0 Å². The minimum absolute atomic E-state index is 0.0295. The molecule has 1 aromatic carbocycles. The van der Waals surface area contributed by atoms with E-state index >= 15 is 0 Å². The van der Waals surface area contributed by atoms with Crippen molar-refractivity contribution >= 4 is 11.7 Å². The van der Waals surface area contributed by atoms with E-state index in [2.05, 4.69) is 0 Å². The number of rotatable bonds is 3. The zero-order valence-electron chi connectivity index (χ0n) is 9.18. The molecule has 0 fully saturated rings. The summed E-state index contributed by atoms with van der Waals surface area (Å²) in [4.78, 5) is 12.8. The number of aliphatic carboxylic acids is 1. The van der Waals surface area contributed by atoms with Gasteiger partial charge in [0.2, 0.25) is 0 Å². The van der Waals surface area contributed by atoms with Crippen LogP contribution in [0.1, 0.15) is 18.1 Å². The quantitative estimate of drug-likeness (QED) is 0.799. The van der Waals surface area contributed by atoms with E-state index < -0.39 is 12.0 Å². The number of aliphatic hydroxyl groups is 1. The number of anilines is 1. The molecule has 86 valence electrons. The number of nitrogens with zero attached hydrogens (tertiary/aromatic N) is 1. The zero-order valence-corrected chi connectivity index (χ0v) is 9.18. The topological polar surface area (TPSA) is 60.8 Å². The van der Waals surface area contributed by atoms with Crippen molar-refractivity contribution < 1.29 is 15.0 Å². The summed E-state index contributed by atoms with van der Waals surface area (Å²) in [5.74, 6) is -0.806. The Bertz CT molecular complexity index is 417. The number of hydrogen-bond donors (Lipinski definition) is 2. The fourth-order valence-corrected chi connectivity index (χ4v) is 2.11. The number of aliphatic hydroxyl groups excluding tert-OH is 1. The Hall–Kier alpha value is -1.55. The summed E-state index contributed by atoms with van der Waals surface area (Å²) in [6.07, 6.45) is 0.848. The van der Waals surface area contributed by atoms with Crippen molar-refractivity contribution in [2.75, 3.05) is 11.4 Å². The number of carboxylic acid groups (broad SMARTS) is 1. The van der Waals surface area contributed by atoms with E-state index in [0.717, 1.165) is 29.8 Å². The van der Waals surface area contributed by atoms with E-state index in [9.17, 15) is 4.79 Å². The Balaban J connectivity index is 2.30. The number of fused-ring (bicyclic) bond motifs is 1. The summed E-state index contributed by atoms with van der Waals surface area (Å²) >= 11 is 0. The average Bonchev–Trinajstić information content (AvgIpc) is 2.70. The zero-order chi connectivity index (χ0) is 11.7. The third kappa shape index (κ3) is 1.76. The van der Waals surface area contributed by atoms with Gasteiger partial charge in [0.15, 0.2) is 0 Å². The van der Waals surface area contributed by atoms with Crippen LogP contribution in [0.2, 0.25) is 0 Å². The summed E-state index contributed by atoms with van der Waals surface area (Å²) in [5, 5.41) is 18.0. The first-order chi connectivity index (χ1) is 7.63. The van der Waals surface area contributed by atoms with Gasteiger partial charge in [-0.1, -0.05) is 12.1 Å². The van der Waals surface area contributed by atoms with Gasteiger partial charge in [-0.25, -0.2) is 4.79 Å². The van der Waals surface area contributed by atoms with Crippen molar-refractivity contribution in [1.82, 2.24) is 0 Å². The molecule has 1 heterocycles. The maximum absolute atomic E-state index is 10.9. The van der Waals surface area contributed by atoms with Crippen LogP contribution in [0.3, 0.4) is 0 Å². The van der Waals surface area contributed by atoms with Gasteiger partial charge in [-0.2, -0.15) is 0 Å². The predicted octanol–water partition coefficient (Wildman–Crippen LogP) is 1.01. The molecule has 0 spiro atoms. The molecule has 1 aliphatic heterocycles. The first-order valence-electron chi connectivity index (χ1n) is 5.35. The number of benzene rings is 1. The van der Waals surface area contributed by atoms with E-state index in [4.69, 9.17) is 10.2 Å². The highest BCUT2D eigenvalue weighted by Crippen LogP contribution is 2.30. The summed E-state index contributed by atoms with van der Waals surface area (Å²) < 4.78 is 0. The van der Waals surface area contributed by atoms with E-state index in [1.54, 1.807) is 6.92 Å². The molecule has 0 amide bonds. The molecule has 4 heteroatoms. The SMILES string of the molecule is C[C@@H](C(=O)O)N1CCc2cc(CO)ccc21. The molecule has 0 aliphatic carbocycles. The molecule has 1 aromatic rings. The van der Waals surface area contributed by atoms with Crippen molar-refractivity contribution in [2.45, 2.75) is 26.0 Å². The van der Waals surface area contributed by atoms with E-state index in [1.165, 1.54) is 0 Å². The average molecular weight is 221 g/mol. The monoisotopic (exact) mass is 221 g/mol. The van der Waals surface area contributed by atoms with Crippen LogP contribution in [0.25, 0.3) is 0 Å². The Morgan fingerprint density at radius 1 is 1.56 bits per heavy atom. The maximum Gasteiger partial charge on any atom is 0.326 e. The molecule has 2 N–H and O–H groups in total. The van der Waals surface area contributed by atoms with Crippen molar-refractivity contribution in [3.63, 3.8) is 0 Å². The Kier molecular flexibility index (Phi) is 2.83. The molecule has 0 radical (unpaired) electrons. The third-order valence-electron chi connectivity index (χ3n) is 3.08. The Labute approximate surface area is 94.1 Å². The van der Waals surface area contributed by atoms with Gasteiger partial charge < -0.3 is 15.1 Å². The summed E-state index contributed by atoms with van der Waals surface area (Å²) in [7, 11) is 0. The van der Waals surface area contributed by atoms with Crippen LogP contribution in [0.4, 0.5) is 5.69 Å². The van der Waals surface area contributed by atoms with Gasteiger partial charge >= 0.3 is 5.97 Å². The lowest BCUT2D eigenvalue weighted by Gasteiger charge is -2.23. The van der Waals surface area contributed by atoms with Crippen molar-refractivity contribution in [3.05, 3.63) is 29.3 Å². The van der Waals surface area contributed by atoms with E-state index in [0.29, 0.717) is 0 Å². The van der Waals surface area contributed by atoms with Crippen LogP contribution >= 0.6 is 0 Å². The lowest BCUT2D eigenvalue weighted by molar-refractivity contribution is -0.138. The summed E-state index contributed by atoms with van der Waals surface area (Å²) in [6.45, 7) is 2.46. The molecular formula is C12H15NO3. The predicted molar refractivity (Wildman–Crippen MR) is 60.5 cm³/mol. The Morgan fingerprint density at radius 3 is 2.94 bits per heavy atom. The van der Waals surface area contributed by atoms with Crippen LogP contribution in [-0.2, 0) is 17.8 Å². The molecule has 16 heavy (non-hydrogen) atoms. The number of carboxylic acids is 1. The van der Waals surface area contributed by atoms with Gasteiger partial charge in [0.05, 0.1) is 6.61 Å². The van der Waals surface area contributed by atoms with Crippen LogP contribution in [-0.4, -0.2) is 28.8 Å². The molecule has 0 unspecified atom stereocenters. The number of carbonyl (C=O) groups is 1. The lowest BCUT2D eigenvalue weighted by Crippen LogP contribution is -2.37. The molecule has 0 aromatic heterocycles. The molecule has 2 rings (SSSR count). The second kappa shape index (κ2) is 4.14. The lowest BCUT2D eigenvalue weighted by atomic mass is 10.1. The maximum atomic E-state index is 10.9. The molecule has 0 saturated carbocycles. The fraction of sp³-hybridized carbons (Fsp3) is 0.417. The first kappa shape index (κ1) is 11.0. The molecule has 4 nitrogen and oxygen atoms in total. The summed E-state index contributed by atoms with van der Waals surface area (Å²) in [6, 6.07) is 5.18. The normalized spacial score (nSPS) is 16.0. The first-order valence-corrected chi connectivity index (χ1v) is 5.35. The van der Waals surface area contributed by atoms with Crippen LogP contribution in [0.5, 0.6) is 0 Å². The van der Waals surface area contributed by atoms with Gasteiger partial charge in [0, 0.05) is 12.2 Å². The largest absolute Gasteiger partial charge is 0.480 e. The molecule has 0 saturated heterocycles. The van der Waals surface area contributed by atoms with E-state index in [-0.39, 0.29) is 6.61 Å². The van der Waals surface area contributed by atoms with Crippen molar-refractivity contribution in [3.8, 4) is 0 Å². The van der Waals surface area contributed by atoms with Gasteiger partial charge in [0.1, 0.15) is 6.04 Å². The summed E-state index contributed by atoms with van der Waals surface area (Å²) in [5.41, 5.74) is 2.98. The molecule has 1 atom stereocenters. The minimum Gasteiger partial charge on any atom is -0.480 e. The highest BCUT2D eigenvalue weighted by molar-refractivity contribution is 5.79.